The van der Waals surface area contributed by atoms with Crippen molar-refractivity contribution in [2.75, 3.05) is 11.9 Å². The number of nitrogens with zero attached hydrogens (tertiary/aromatic N) is 4. The van der Waals surface area contributed by atoms with Gasteiger partial charge in [0.2, 0.25) is 5.13 Å². The van der Waals surface area contributed by atoms with Gasteiger partial charge in [-0.05, 0) is 26.0 Å². The van der Waals surface area contributed by atoms with E-state index in [9.17, 15) is 0 Å². The molecule has 0 aliphatic carbocycles. The van der Waals surface area contributed by atoms with Crippen LogP contribution in [0.3, 0.4) is 0 Å². The van der Waals surface area contributed by atoms with Crippen LogP contribution in [0.25, 0.3) is 16.3 Å². The molecule has 6 heteroatoms. The number of nitrogens with one attached hydrogen (secondary N) is 1. The number of hydrogen-bond acceptors (Lipinski definition) is 5. The zero-order valence-corrected chi connectivity index (χ0v) is 12.2. The van der Waals surface area contributed by atoms with Crippen LogP contribution >= 0.6 is 11.3 Å². The van der Waals surface area contributed by atoms with Gasteiger partial charge in [-0.1, -0.05) is 29.5 Å². The molecule has 0 fully saturated rings. The lowest BCUT2D eigenvalue weighted by Crippen LogP contribution is -1.98. The van der Waals surface area contributed by atoms with Crippen LogP contribution in [-0.2, 0) is 0 Å². The molecule has 102 valence electrons. The van der Waals surface area contributed by atoms with Crippen molar-refractivity contribution in [3.05, 3.63) is 42.2 Å². The first-order valence-corrected chi connectivity index (χ1v) is 7.29. The predicted octanol–water partition coefficient (Wildman–Crippen LogP) is 3.13. The lowest BCUT2D eigenvalue weighted by atomic mass is 10.2. The number of para-hydroxylation sites is 1. The second-order valence-corrected chi connectivity index (χ2v) is 5.31. The molecule has 3 aromatic rings. The Kier molecular flexibility index (Phi) is 3.47. The van der Waals surface area contributed by atoms with Crippen LogP contribution in [0.15, 0.2) is 36.5 Å². The van der Waals surface area contributed by atoms with Crippen LogP contribution < -0.4 is 5.32 Å². The molecule has 0 radical (unpaired) electrons. The van der Waals surface area contributed by atoms with Gasteiger partial charge in [-0.3, -0.25) is 0 Å². The standard InChI is InChI=1S/C14H15N5S/c1-3-15-14-18-17-13(20-14)12-9-16-19(10(12)2)11-7-5-4-6-8-11/h4-9H,3H2,1-2H3,(H,15,18). The molecule has 0 bridgehead atoms. The van der Waals surface area contributed by atoms with Crippen molar-refractivity contribution in [1.82, 2.24) is 20.0 Å². The maximum absolute atomic E-state index is 4.45. The Morgan fingerprint density at radius 1 is 1.20 bits per heavy atom. The third-order valence-corrected chi connectivity index (χ3v) is 3.91. The Labute approximate surface area is 121 Å². The van der Waals surface area contributed by atoms with Gasteiger partial charge in [0.25, 0.3) is 0 Å². The van der Waals surface area contributed by atoms with Crippen LogP contribution in [0.1, 0.15) is 12.6 Å². The van der Waals surface area contributed by atoms with Crippen molar-refractivity contribution in [2.24, 2.45) is 0 Å². The molecule has 2 heterocycles. The van der Waals surface area contributed by atoms with E-state index >= 15 is 0 Å². The molecule has 0 saturated carbocycles. The Morgan fingerprint density at radius 2 is 2.00 bits per heavy atom. The average molecular weight is 285 g/mol. The van der Waals surface area contributed by atoms with E-state index in [0.717, 1.165) is 33.6 Å². The molecule has 0 amide bonds. The number of benzene rings is 1. The molecule has 0 unspecified atom stereocenters. The van der Waals surface area contributed by atoms with Crippen LogP contribution in [0.5, 0.6) is 0 Å². The summed E-state index contributed by atoms with van der Waals surface area (Å²) in [6.45, 7) is 4.93. The lowest BCUT2D eigenvalue weighted by Gasteiger charge is -2.03. The van der Waals surface area contributed by atoms with Gasteiger partial charge in [0, 0.05) is 6.54 Å². The summed E-state index contributed by atoms with van der Waals surface area (Å²) in [5.74, 6) is 0. The fraction of sp³-hybridized carbons (Fsp3) is 0.214. The van der Waals surface area contributed by atoms with E-state index in [2.05, 4.69) is 20.6 Å². The molecule has 1 N–H and O–H groups in total. The summed E-state index contributed by atoms with van der Waals surface area (Å²) in [5.41, 5.74) is 3.14. The largest absolute Gasteiger partial charge is 0.360 e. The molecule has 0 saturated heterocycles. The number of hydrogen-bond donors (Lipinski definition) is 1. The predicted molar refractivity (Wildman–Crippen MR) is 81.4 cm³/mol. The highest BCUT2D eigenvalue weighted by Gasteiger charge is 2.14. The average Bonchev–Trinajstić information content (AvgIpc) is 3.07. The Morgan fingerprint density at radius 3 is 2.75 bits per heavy atom. The van der Waals surface area contributed by atoms with Crippen LogP contribution in [0.2, 0.25) is 0 Å². The first kappa shape index (κ1) is 12.8. The first-order chi connectivity index (χ1) is 9.79. The molecule has 2 aromatic heterocycles. The van der Waals surface area contributed by atoms with Crippen molar-refractivity contribution < 1.29 is 0 Å². The lowest BCUT2D eigenvalue weighted by molar-refractivity contribution is 0.847. The van der Waals surface area contributed by atoms with Gasteiger partial charge in [0.05, 0.1) is 23.1 Å². The van der Waals surface area contributed by atoms with E-state index in [1.807, 2.05) is 55.1 Å². The molecule has 1 aromatic carbocycles. The maximum atomic E-state index is 4.45. The summed E-state index contributed by atoms with van der Waals surface area (Å²) in [6.07, 6.45) is 1.85. The smallest absolute Gasteiger partial charge is 0.205 e. The fourth-order valence-corrected chi connectivity index (χ4v) is 2.88. The minimum atomic E-state index is 0.842. The Balaban J connectivity index is 1.97. The Hall–Kier alpha value is -2.21. The number of aromatic nitrogens is 4. The van der Waals surface area contributed by atoms with Gasteiger partial charge in [0.15, 0.2) is 5.01 Å². The first-order valence-electron chi connectivity index (χ1n) is 6.47. The quantitative estimate of drug-likeness (QED) is 0.800. The summed E-state index contributed by atoms with van der Waals surface area (Å²) >= 11 is 1.55. The van der Waals surface area contributed by atoms with Gasteiger partial charge in [-0.25, -0.2) is 4.68 Å². The van der Waals surface area contributed by atoms with Crippen LogP contribution in [-0.4, -0.2) is 26.5 Å². The van der Waals surface area contributed by atoms with Crippen LogP contribution in [0.4, 0.5) is 5.13 Å². The second-order valence-electron chi connectivity index (χ2n) is 4.33. The SMILES string of the molecule is CCNc1nnc(-c2cnn(-c3ccccc3)c2C)s1. The molecular weight excluding hydrogens is 270 g/mol. The maximum Gasteiger partial charge on any atom is 0.205 e. The Bertz CT molecular complexity index is 701. The minimum absolute atomic E-state index is 0.842. The van der Waals surface area contributed by atoms with Crippen molar-refractivity contribution >= 4 is 16.5 Å². The molecule has 0 atom stereocenters. The van der Waals surface area contributed by atoms with Crippen molar-refractivity contribution in [2.45, 2.75) is 13.8 Å². The highest BCUT2D eigenvalue weighted by molar-refractivity contribution is 7.18. The molecular formula is C14H15N5S. The van der Waals surface area contributed by atoms with E-state index < -0.39 is 0 Å². The number of anilines is 1. The molecule has 3 rings (SSSR count). The highest BCUT2D eigenvalue weighted by atomic mass is 32.1. The third kappa shape index (κ3) is 2.30. The summed E-state index contributed by atoms with van der Waals surface area (Å²) in [6, 6.07) is 10.1. The molecule has 0 aliphatic rings. The van der Waals surface area contributed by atoms with Gasteiger partial charge >= 0.3 is 0 Å². The van der Waals surface area contributed by atoms with E-state index in [4.69, 9.17) is 0 Å². The zero-order chi connectivity index (χ0) is 13.9. The van der Waals surface area contributed by atoms with Crippen molar-refractivity contribution in [3.63, 3.8) is 0 Å². The highest BCUT2D eigenvalue weighted by Crippen LogP contribution is 2.29. The molecule has 0 spiro atoms. The van der Waals surface area contributed by atoms with Gasteiger partial charge in [-0.2, -0.15) is 5.10 Å². The minimum Gasteiger partial charge on any atom is -0.360 e. The summed E-state index contributed by atoms with van der Waals surface area (Å²) in [5, 5.41) is 17.7. The van der Waals surface area contributed by atoms with Crippen molar-refractivity contribution in [1.29, 1.82) is 0 Å². The molecule has 5 nitrogen and oxygen atoms in total. The third-order valence-electron chi connectivity index (χ3n) is 2.99. The number of rotatable bonds is 4. The second kappa shape index (κ2) is 5.42. The van der Waals surface area contributed by atoms with E-state index in [-0.39, 0.29) is 0 Å². The molecule has 20 heavy (non-hydrogen) atoms. The summed E-state index contributed by atoms with van der Waals surface area (Å²) < 4.78 is 1.92. The topological polar surface area (TPSA) is 55.6 Å². The van der Waals surface area contributed by atoms with Gasteiger partial charge < -0.3 is 5.32 Å². The van der Waals surface area contributed by atoms with E-state index in [1.54, 1.807) is 11.3 Å². The van der Waals surface area contributed by atoms with E-state index in [1.165, 1.54) is 0 Å². The molecule has 0 aliphatic heterocycles. The fourth-order valence-electron chi connectivity index (χ4n) is 2.00. The van der Waals surface area contributed by atoms with Crippen LogP contribution in [0, 0.1) is 6.92 Å². The monoisotopic (exact) mass is 285 g/mol. The summed E-state index contributed by atoms with van der Waals surface area (Å²) in [4.78, 5) is 0. The normalized spacial score (nSPS) is 10.7. The van der Waals surface area contributed by atoms with Gasteiger partial charge in [-0.15, -0.1) is 10.2 Å². The summed E-state index contributed by atoms with van der Waals surface area (Å²) in [7, 11) is 0. The van der Waals surface area contributed by atoms with Gasteiger partial charge in [0.1, 0.15) is 0 Å². The van der Waals surface area contributed by atoms with E-state index in [0.29, 0.717) is 0 Å². The van der Waals surface area contributed by atoms with Crippen molar-refractivity contribution in [3.8, 4) is 16.3 Å². The zero-order valence-electron chi connectivity index (χ0n) is 11.4.